The molecule has 1 aliphatic heterocycles. The Hall–Kier alpha value is -0.570. The number of rotatable bonds is 2. The van der Waals surface area contributed by atoms with Gasteiger partial charge in [-0.2, -0.15) is 0 Å². The predicted molar refractivity (Wildman–Crippen MR) is 55.9 cm³/mol. The van der Waals surface area contributed by atoms with E-state index in [1.807, 2.05) is 4.90 Å². The summed E-state index contributed by atoms with van der Waals surface area (Å²) < 4.78 is 0. The fourth-order valence-corrected chi connectivity index (χ4v) is 2.20. The highest BCUT2D eigenvalue weighted by Crippen LogP contribution is 2.28. The lowest BCUT2D eigenvalue weighted by atomic mass is 9.84. The Balaban J connectivity index is 2.44. The molecule has 0 saturated carbocycles. The summed E-state index contributed by atoms with van der Waals surface area (Å²) in [5, 5.41) is 10.2. The van der Waals surface area contributed by atoms with E-state index in [0.717, 1.165) is 19.3 Å². The second-order valence-corrected chi connectivity index (χ2v) is 4.83. The van der Waals surface area contributed by atoms with Gasteiger partial charge in [0.25, 0.3) is 0 Å². The minimum Gasteiger partial charge on any atom is -0.390 e. The first-order valence-electron chi connectivity index (χ1n) is 5.41. The lowest BCUT2D eigenvalue weighted by Crippen LogP contribution is -2.46. The summed E-state index contributed by atoms with van der Waals surface area (Å²) in [6.45, 7) is 7.24. The second kappa shape index (κ2) is 4.30. The fraction of sp³-hybridized carbons (Fsp3) is 0.909. The van der Waals surface area contributed by atoms with Gasteiger partial charge in [-0.1, -0.05) is 13.8 Å². The highest BCUT2D eigenvalue weighted by Gasteiger charge is 2.33. The van der Waals surface area contributed by atoms with E-state index in [-0.39, 0.29) is 5.91 Å². The first-order valence-corrected chi connectivity index (χ1v) is 5.41. The molecule has 1 aliphatic rings. The number of piperidine rings is 1. The molecule has 0 spiro atoms. The molecule has 0 unspecified atom stereocenters. The van der Waals surface area contributed by atoms with Gasteiger partial charge in [-0.05, 0) is 25.2 Å². The lowest BCUT2D eigenvalue weighted by molar-refractivity contribution is -0.133. The molecule has 1 N–H and O–H groups in total. The Morgan fingerprint density at radius 2 is 1.93 bits per heavy atom. The van der Waals surface area contributed by atoms with Gasteiger partial charge in [0.2, 0.25) is 5.91 Å². The molecule has 1 amide bonds. The minimum atomic E-state index is -0.528. The number of nitrogens with zero attached hydrogens (tertiary/aromatic N) is 1. The average Bonchev–Trinajstić information content (AvgIpc) is 2.02. The largest absolute Gasteiger partial charge is 0.390 e. The molecular weight excluding hydrogens is 178 g/mol. The molecular formula is C11H21NO2. The van der Waals surface area contributed by atoms with E-state index in [9.17, 15) is 9.90 Å². The van der Waals surface area contributed by atoms with Gasteiger partial charge in [-0.25, -0.2) is 0 Å². The quantitative estimate of drug-likeness (QED) is 0.730. The summed E-state index contributed by atoms with van der Waals surface area (Å²) in [7, 11) is 0. The molecule has 0 aliphatic carbocycles. The zero-order valence-corrected chi connectivity index (χ0v) is 9.42. The van der Waals surface area contributed by atoms with E-state index in [0.29, 0.717) is 19.0 Å². The molecule has 0 aromatic carbocycles. The van der Waals surface area contributed by atoms with Crippen LogP contribution in [0.3, 0.4) is 0 Å². The van der Waals surface area contributed by atoms with Crippen LogP contribution in [0.2, 0.25) is 0 Å². The van der Waals surface area contributed by atoms with Crippen molar-refractivity contribution in [3.05, 3.63) is 0 Å². The van der Waals surface area contributed by atoms with Gasteiger partial charge in [-0.15, -0.1) is 0 Å². The van der Waals surface area contributed by atoms with Crippen LogP contribution in [0.25, 0.3) is 0 Å². The number of amides is 1. The predicted octanol–water partition coefficient (Wildman–Crippen LogP) is 1.41. The molecule has 0 aromatic rings. The molecule has 1 rings (SSSR count). The molecule has 1 fully saturated rings. The Bertz CT molecular complexity index is 205. The van der Waals surface area contributed by atoms with Crippen LogP contribution in [0.15, 0.2) is 0 Å². The molecule has 0 bridgehead atoms. The molecule has 82 valence electrons. The van der Waals surface area contributed by atoms with Gasteiger partial charge in [-0.3, -0.25) is 4.79 Å². The fourth-order valence-electron chi connectivity index (χ4n) is 2.20. The van der Waals surface area contributed by atoms with E-state index < -0.39 is 5.60 Å². The van der Waals surface area contributed by atoms with Crippen LogP contribution in [0.1, 0.15) is 40.0 Å². The Kier molecular flexibility index (Phi) is 3.53. The number of hydrogen-bond donors (Lipinski definition) is 1. The summed E-state index contributed by atoms with van der Waals surface area (Å²) in [6, 6.07) is 0. The summed E-state index contributed by atoms with van der Waals surface area (Å²) in [5.41, 5.74) is -0.528. The van der Waals surface area contributed by atoms with E-state index in [1.165, 1.54) is 0 Å². The van der Waals surface area contributed by atoms with Gasteiger partial charge < -0.3 is 10.0 Å². The van der Waals surface area contributed by atoms with Crippen molar-refractivity contribution in [1.29, 1.82) is 0 Å². The Labute approximate surface area is 86.1 Å². The molecule has 14 heavy (non-hydrogen) atoms. The standard InChI is InChI=1S/C11H21NO2/c1-9(2)8-11(14)4-6-12(7-5-11)10(3)13/h9,14H,4-8H2,1-3H3. The first kappa shape index (κ1) is 11.5. The summed E-state index contributed by atoms with van der Waals surface area (Å²) in [4.78, 5) is 12.9. The van der Waals surface area contributed by atoms with Crippen LogP contribution in [-0.2, 0) is 4.79 Å². The smallest absolute Gasteiger partial charge is 0.219 e. The lowest BCUT2D eigenvalue weighted by Gasteiger charge is -2.38. The van der Waals surface area contributed by atoms with Crippen molar-refractivity contribution in [2.24, 2.45) is 5.92 Å². The van der Waals surface area contributed by atoms with Gasteiger partial charge in [0.05, 0.1) is 5.60 Å². The van der Waals surface area contributed by atoms with Gasteiger partial charge in [0.1, 0.15) is 0 Å². The van der Waals surface area contributed by atoms with Crippen LogP contribution in [0.4, 0.5) is 0 Å². The van der Waals surface area contributed by atoms with Crippen LogP contribution >= 0.6 is 0 Å². The monoisotopic (exact) mass is 199 g/mol. The maximum atomic E-state index is 11.1. The van der Waals surface area contributed by atoms with Crippen molar-refractivity contribution in [2.75, 3.05) is 13.1 Å². The maximum absolute atomic E-state index is 11.1. The number of aliphatic hydroxyl groups is 1. The third kappa shape index (κ3) is 2.98. The second-order valence-electron chi connectivity index (χ2n) is 4.83. The first-order chi connectivity index (χ1) is 6.43. The molecule has 0 radical (unpaired) electrons. The van der Waals surface area contributed by atoms with Crippen molar-refractivity contribution in [2.45, 2.75) is 45.6 Å². The van der Waals surface area contributed by atoms with Gasteiger partial charge in [0.15, 0.2) is 0 Å². The van der Waals surface area contributed by atoms with Crippen molar-refractivity contribution in [3.8, 4) is 0 Å². The van der Waals surface area contributed by atoms with E-state index >= 15 is 0 Å². The highest BCUT2D eigenvalue weighted by molar-refractivity contribution is 5.73. The van der Waals surface area contributed by atoms with Crippen LogP contribution in [0, 0.1) is 5.92 Å². The van der Waals surface area contributed by atoms with Gasteiger partial charge in [0, 0.05) is 20.0 Å². The summed E-state index contributed by atoms with van der Waals surface area (Å²) >= 11 is 0. The minimum absolute atomic E-state index is 0.122. The summed E-state index contributed by atoms with van der Waals surface area (Å²) in [6.07, 6.45) is 2.30. The zero-order chi connectivity index (χ0) is 10.8. The van der Waals surface area contributed by atoms with Crippen molar-refractivity contribution in [3.63, 3.8) is 0 Å². The average molecular weight is 199 g/mol. The van der Waals surface area contributed by atoms with Crippen molar-refractivity contribution in [1.82, 2.24) is 4.90 Å². The SMILES string of the molecule is CC(=O)N1CCC(O)(CC(C)C)CC1. The maximum Gasteiger partial charge on any atom is 0.219 e. The molecule has 0 atom stereocenters. The molecule has 1 saturated heterocycles. The van der Waals surface area contributed by atoms with Crippen molar-refractivity contribution < 1.29 is 9.90 Å². The third-order valence-corrected chi connectivity index (χ3v) is 2.93. The zero-order valence-electron chi connectivity index (χ0n) is 9.42. The van der Waals surface area contributed by atoms with Crippen LogP contribution in [-0.4, -0.2) is 34.6 Å². The number of carbonyl (C=O) groups is 1. The number of likely N-dealkylation sites (tertiary alicyclic amines) is 1. The van der Waals surface area contributed by atoms with E-state index in [2.05, 4.69) is 13.8 Å². The Morgan fingerprint density at radius 3 is 2.29 bits per heavy atom. The van der Waals surface area contributed by atoms with E-state index in [1.54, 1.807) is 6.92 Å². The molecule has 0 aromatic heterocycles. The summed E-state index contributed by atoms with van der Waals surface area (Å²) in [5.74, 6) is 0.639. The van der Waals surface area contributed by atoms with Crippen LogP contribution in [0.5, 0.6) is 0 Å². The normalized spacial score (nSPS) is 21.4. The van der Waals surface area contributed by atoms with Crippen molar-refractivity contribution >= 4 is 5.91 Å². The number of hydrogen-bond acceptors (Lipinski definition) is 2. The third-order valence-electron chi connectivity index (χ3n) is 2.93. The Morgan fingerprint density at radius 1 is 1.43 bits per heavy atom. The topological polar surface area (TPSA) is 40.5 Å². The molecule has 3 heteroatoms. The number of carbonyl (C=O) groups excluding carboxylic acids is 1. The van der Waals surface area contributed by atoms with Crippen LogP contribution < -0.4 is 0 Å². The van der Waals surface area contributed by atoms with E-state index in [4.69, 9.17) is 0 Å². The highest BCUT2D eigenvalue weighted by atomic mass is 16.3. The van der Waals surface area contributed by atoms with Gasteiger partial charge >= 0.3 is 0 Å². The molecule has 1 heterocycles. The molecule has 3 nitrogen and oxygen atoms in total.